The predicted molar refractivity (Wildman–Crippen MR) is 140 cm³/mol. The lowest BCUT2D eigenvalue weighted by Gasteiger charge is -2.32. The summed E-state index contributed by atoms with van der Waals surface area (Å²) in [5, 5.41) is 12.2. The standard InChI is InChI=1S/C28H24F4N2O5S/c1-34(40(38,39)20-6-3-2-4-7-20)19-13-10-17(11-14-19)21-8-5-9-22(25(21)27(36)37)26(35)33-24-15-12-18(16-23(24)29)28(30,31)32/h2-7,9-16,21-22,25H,8H2,1H3,(H,33,35)(H,36,37)/t21-,22-,25-/m1/s1. The number of nitrogens with zero attached hydrogens (tertiary/aromatic N) is 1. The van der Waals surface area contributed by atoms with Gasteiger partial charge in [0.2, 0.25) is 5.91 Å². The molecule has 0 bridgehead atoms. The molecule has 1 aliphatic carbocycles. The number of amides is 1. The van der Waals surface area contributed by atoms with Crippen molar-refractivity contribution in [3.8, 4) is 0 Å². The number of anilines is 2. The van der Waals surface area contributed by atoms with Crippen LogP contribution < -0.4 is 9.62 Å². The summed E-state index contributed by atoms with van der Waals surface area (Å²) in [7, 11) is -2.45. The van der Waals surface area contributed by atoms with Crippen LogP contribution in [0.2, 0.25) is 0 Å². The molecule has 1 aliphatic rings. The first kappa shape index (κ1) is 28.8. The van der Waals surface area contributed by atoms with E-state index in [1.165, 1.54) is 37.4 Å². The fourth-order valence-corrected chi connectivity index (χ4v) is 5.85. The van der Waals surface area contributed by atoms with Gasteiger partial charge in [-0.25, -0.2) is 12.8 Å². The van der Waals surface area contributed by atoms with Crippen LogP contribution in [-0.2, 0) is 25.8 Å². The van der Waals surface area contributed by atoms with Gasteiger partial charge in [0, 0.05) is 13.0 Å². The molecule has 210 valence electrons. The highest BCUT2D eigenvalue weighted by Crippen LogP contribution is 2.40. The van der Waals surface area contributed by atoms with Crippen LogP contribution in [0.25, 0.3) is 0 Å². The van der Waals surface area contributed by atoms with Crippen LogP contribution in [0.3, 0.4) is 0 Å². The van der Waals surface area contributed by atoms with E-state index >= 15 is 0 Å². The van der Waals surface area contributed by atoms with Crippen molar-refractivity contribution >= 4 is 33.3 Å². The number of aliphatic carboxylic acids is 1. The molecule has 1 amide bonds. The number of rotatable bonds is 7. The Morgan fingerprint density at radius 1 is 1.00 bits per heavy atom. The highest BCUT2D eigenvalue weighted by molar-refractivity contribution is 7.92. The molecule has 0 aromatic heterocycles. The summed E-state index contributed by atoms with van der Waals surface area (Å²) in [4.78, 5) is 25.4. The maximum atomic E-state index is 14.3. The SMILES string of the molecule is CN(c1ccc([C@H]2CC=C[C@@H](C(=O)Nc3ccc(C(F)(F)F)cc3F)[C@@H]2C(=O)O)cc1)S(=O)(=O)c1ccccc1. The Bertz CT molecular complexity index is 1540. The molecule has 40 heavy (non-hydrogen) atoms. The Balaban J connectivity index is 1.55. The van der Waals surface area contributed by atoms with Crippen molar-refractivity contribution < 1.29 is 40.7 Å². The van der Waals surface area contributed by atoms with Gasteiger partial charge in [0.05, 0.1) is 33.7 Å². The molecule has 0 aliphatic heterocycles. The van der Waals surface area contributed by atoms with Crippen molar-refractivity contribution in [2.75, 3.05) is 16.7 Å². The Morgan fingerprint density at radius 2 is 1.65 bits per heavy atom. The van der Waals surface area contributed by atoms with Gasteiger partial charge in [0.1, 0.15) is 5.82 Å². The molecule has 7 nitrogen and oxygen atoms in total. The van der Waals surface area contributed by atoms with Crippen molar-refractivity contribution in [2.24, 2.45) is 11.8 Å². The fourth-order valence-electron chi connectivity index (χ4n) is 4.64. The first-order chi connectivity index (χ1) is 18.8. The number of benzene rings is 3. The first-order valence-electron chi connectivity index (χ1n) is 12.0. The summed E-state index contributed by atoms with van der Waals surface area (Å²) < 4.78 is 79.8. The molecule has 3 atom stereocenters. The highest BCUT2D eigenvalue weighted by Gasteiger charge is 2.41. The van der Waals surface area contributed by atoms with E-state index in [2.05, 4.69) is 5.32 Å². The lowest BCUT2D eigenvalue weighted by Crippen LogP contribution is -2.38. The number of carboxylic acid groups (broad SMARTS) is 1. The number of carboxylic acids is 1. The second-order valence-electron chi connectivity index (χ2n) is 9.22. The topological polar surface area (TPSA) is 104 Å². The number of halogens is 4. The summed E-state index contributed by atoms with van der Waals surface area (Å²) in [6.45, 7) is 0. The van der Waals surface area contributed by atoms with E-state index in [0.717, 1.165) is 10.4 Å². The molecule has 0 heterocycles. The Morgan fingerprint density at radius 3 is 2.23 bits per heavy atom. The predicted octanol–water partition coefficient (Wildman–Crippen LogP) is 5.67. The Hall–Kier alpha value is -4.19. The van der Waals surface area contributed by atoms with E-state index in [1.807, 2.05) is 0 Å². The van der Waals surface area contributed by atoms with E-state index in [-0.39, 0.29) is 17.4 Å². The van der Waals surface area contributed by atoms with Gasteiger partial charge in [0.25, 0.3) is 10.0 Å². The molecule has 0 radical (unpaired) electrons. The van der Waals surface area contributed by atoms with E-state index in [4.69, 9.17) is 0 Å². The lowest BCUT2D eigenvalue weighted by atomic mass is 9.72. The fraction of sp³-hybridized carbons (Fsp3) is 0.214. The third-order valence-electron chi connectivity index (χ3n) is 6.78. The summed E-state index contributed by atoms with van der Waals surface area (Å²) in [5.74, 6) is -6.72. The van der Waals surface area contributed by atoms with E-state index in [0.29, 0.717) is 17.3 Å². The minimum Gasteiger partial charge on any atom is -0.481 e. The molecular formula is C28H24F4N2O5S. The van der Waals surface area contributed by atoms with E-state index in [9.17, 15) is 40.7 Å². The summed E-state index contributed by atoms with van der Waals surface area (Å²) >= 11 is 0. The second kappa shape index (κ2) is 11.1. The van der Waals surface area contributed by atoms with Crippen molar-refractivity contribution in [1.29, 1.82) is 0 Å². The minimum absolute atomic E-state index is 0.100. The maximum absolute atomic E-state index is 14.3. The number of nitrogens with one attached hydrogen (secondary N) is 1. The van der Waals surface area contributed by atoms with Gasteiger partial charge < -0.3 is 10.4 Å². The van der Waals surface area contributed by atoms with Crippen LogP contribution >= 0.6 is 0 Å². The monoisotopic (exact) mass is 576 g/mol. The Labute approximate surface area is 227 Å². The summed E-state index contributed by atoms with van der Waals surface area (Å²) in [5.41, 5.74) is -0.873. The van der Waals surface area contributed by atoms with Crippen LogP contribution in [0, 0.1) is 17.7 Å². The Kier molecular flexibility index (Phi) is 8.01. The average Bonchev–Trinajstić information content (AvgIpc) is 2.93. The molecule has 3 aromatic rings. The van der Waals surface area contributed by atoms with Gasteiger partial charge in [-0.05, 0) is 54.4 Å². The minimum atomic E-state index is -4.77. The van der Waals surface area contributed by atoms with Crippen molar-refractivity contribution in [1.82, 2.24) is 0 Å². The molecule has 2 N–H and O–H groups in total. The van der Waals surface area contributed by atoms with Crippen molar-refractivity contribution in [3.63, 3.8) is 0 Å². The number of hydrogen-bond donors (Lipinski definition) is 2. The van der Waals surface area contributed by atoms with Crippen LogP contribution in [-0.4, -0.2) is 32.4 Å². The number of carbonyl (C=O) groups excluding carboxylic acids is 1. The lowest BCUT2D eigenvalue weighted by molar-refractivity contribution is -0.146. The first-order valence-corrected chi connectivity index (χ1v) is 13.5. The third-order valence-corrected chi connectivity index (χ3v) is 8.58. The zero-order chi connectivity index (χ0) is 29.2. The molecule has 0 saturated carbocycles. The summed E-state index contributed by atoms with van der Waals surface area (Å²) in [6.07, 6.45) is -1.53. The number of sulfonamides is 1. The molecule has 3 aromatic carbocycles. The second-order valence-corrected chi connectivity index (χ2v) is 11.2. The maximum Gasteiger partial charge on any atom is 0.416 e. The van der Waals surface area contributed by atoms with E-state index < -0.39 is 62.9 Å². The summed E-state index contributed by atoms with van der Waals surface area (Å²) in [6, 6.07) is 15.7. The smallest absolute Gasteiger partial charge is 0.416 e. The quantitative estimate of drug-likeness (QED) is 0.279. The molecule has 0 spiro atoms. The third kappa shape index (κ3) is 5.86. The van der Waals surface area contributed by atoms with Gasteiger partial charge in [-0.15, -0.1) is 0 Å². The highest BCUT2D eigenvalue weighted by atomic mass is 32.2. The molecule has 4 rings (SSSR count). The normalized spacial score (nSPS) is 19.2. The number of carbonyl (C=O) groups is 2. The van der Waals surface area contributed by atoms with Gasteiger partial charge in [-0.3, -0.25) is 13.9 Å². The van der Waals surface area contributed by atoms with Crippen LogP contribution in [0.4, 0.5) is 28.9 Å². The van der Waals surface area contributed by atoms with Gasteiger partial charge in [0.15, 0.2) is 0 Å². The van der Waals surface area contributed by atoms with Crippen molar-refractivity contribution in [3.05, 3.63) is 102 Å². The zero-order valence-corrected chi connectivity index (χ0v) is 21.8. The van der Waals surface area contributed by atoms with Crippen LogP contribution in [0.5, 0.6) is 0 Å². The number of hydrogen-bond acceptors (Lipinski definition) is 4. The molecule has 0 unspecified atom stereocenters. The van der Waals surface area contributed by atoms with Crippen LogP contribution in [0.15, 0.2) is 89.8 Å². The van der Waals surface area contributed by atoms with Gasteiger partial charge >= 0.3 is 12.1 Å². The molecule has 12 heteroatoms. The number of allylic oxidation sites excluding steroid dienone is 1. The average molecular weight is 577 g/mol. The van der Waals surface area contributed by atoms with Crippen LogP contribution in [0.1, 0.15) is 23.5 Å². The largest absolute Gasteiger partial charge is 0.481 e. The molecule has 0 saturated heterocycles. The zero-order valence-electron chi connectivity index (χ0n) is 21.0. The molecular weight excluding hydrogens is 552 g/mol. The van der Waals surface area contributed by atoms with E-state index in [1.54, 1.807) is 36.4 Å². The van der Waals surface area contributed by atoms with Crippen molar-refractivity contribution in [2.45, 2.75) is 23.4 Å². The molecule has 0 fully saturated rings. The van der Waals surface area contributed by atoms with Gasteiger partial charge in [-0.2, -0.15) is 13.2 Å². The number of alkyl halides is 3. The van der Waals surface area contributed by atoms with Gasteiger partial charge in [-0.1, -0.05) is 42.5 Å².